The number of anilines is 1. The number of methoxy groups -OCH3 is 1. The van der Waals surface area contributed by atoms with Crippen LogP contribution in [0.3, 0.4) is 0 Å². The standard InChI is InChI=1S/C9H12FNO3S/c1-3-15(12,13)9-5-8(14-2)6(10)4-7(9)11/h4-5H,3,11H2,1-2H3. The smallest absolute Gasteiger partial charge is 0.180 e. The first-order valence-corrected chi connectivity index (χ1v) is 5.93. The third-order valence-electron chi connectivity index (χ3n) is 2.00. The van der Waals surface area contributed by atoms with Crippen LogP contribution in [0, 0.1) is 5.82 Å². The van der Waals surface area contributed by atoms with Gasteiger partial charge in [-0.05, 0) is 0 Å². The van der Waals surface area contributed by atoms with Crippen molar-refractivity contribution in [2.75, 3.05) is 18.6 Å². The van der Waals surface area contributed by atoms with E-state index < -0.39 is 15.7 Å². The van der Waals surface area contributed by atoms with Crippen molar-refractivity contribution in [3.8, 4) is 5.75 Å². The summed E-state index contributed by atoms with van der Waals surface area (Å²) in [5.74, 6) is -0.896. The molecule has 1 aromatic rings. The lowest BCUT2D eigenvalue weighted by molar-refractivity contribution is 0.385. The quantitative estimate of drug-likeness (QED) is 0.629. The molecule has 0 heterocycles. The maximum atomic E-state index is 13.1. The number of ether oxygens (including phenoxy) is 1. The maximum absolute atomic E-state index is 13.1. The number of rotatable bonds is 3. The van der Waals surface area contributed by atoms with E-state index in [0.29, 0.717) is 0 Å². The Kier molecular flexibility index (Phi) is 3.18. The Morgan fingerprint density at radius 1 is 1.47 bits per heavy atom. The van der Waals surface area contributed by atoms with Gasteiger partial charge in [-0.25, -0.2) is 12.8 Å². The third kappa shape index (κ3) is 2.20. The van der Waals surface area contributed by atoms with E-state index in [1.807, 2.05) is 0 Å². The zero-order valence-electron chi connectivity index (χ0n) is 8.45. The molecule has 15 heavy (non-hydrogen) atoms. The summed E-state index contributed by atoms with van der Waals surface area (Å²) in [4.78, 5) is -0.0942. The second-order valence-electron chi connectivity index (χ2n) is 2.93. The maximum Gasteiger partial charge on any atom is 0.180 e. The lowest BCUT2D eigenvalue weighted by Gasteiger charge is -2.08. The number of benzene rings is 1. The Balaban J connectivity index is 3.44. The first-order chi connectivity index (χ1) is 6.92. The fourth-order valence-corrected chi connectivity index (χ4v) is 2.15. The zero-order chi connectivity index (χ0) is 11.6. The molecule has 0 aromatic heterocycles. The van der Waals surface area contributed by atoms with Crippen LogP contribution in [0.15, 0.2) is 17.0 Å². The van der Waals surface area contributed by atoms with Gasteiger partial charge in [0.25, 0.3) is 0 Å². The predicted molar refractivity (Wildman–Crippen MR) is 55.1 cm³/mol. The van der Waals surface area contributed by atoms with Crippen molar-refractivity contribution >= 4 is 15.5 Å². The molecule has 0 bridgehead atoms. The minimum atomic E-state index is -3.45. The van der Waals surface area contributed by atoms with Gasteiger partial charge < -0.3 is 10.5 Å². The molecule has 84 valence electrons. The summed E-state index contributed by atoms with van der Waals surface area (Å²) in [5.41, 5.74) is 5.33. The molecular weight excluding hydrogens is 221 g/mol. The Labute approximate surface area is 87.8 Å². The fraction of sp³-hybridized carbons (Fsp3) is 0.333. The molecule has 0 unspecified atom stereocenters. The zero-order valence-corrected chi connectivity index (χ0v) is 9.27. The van der Waals surface area contributed by atoms with Gasteiger partial charge in [0.15, 0.2) is 21.4 Å². The second-order valence-corrected chi connectivity index (χ2v) is 5.17. The van der Waals surface area contributed by atoms with Crippen molar-refractivity contribution in [3.05, 3.63) is 17.9 Å². The van der Waals surface area contributed by atoms with Crippen molar-refractivity contribution in [2.24, 2.45) is 0 Å². The molecule has 0 atom stereocenters. The average molecular weight is 233 g/mol. The Morgan fingerprint density at radius 2 is 2.07 bits per heavy atom. The molecule has 0 radical (unpaired) electrons. The first-order valence-electron chi connectivity index (χ1n) is 4.28. The summed E-state index contributed by atoms with van der Waals surface area (Å²) in [5, 5.41) is 0. The van der Waals surface area contributed by atoms with Gasteiger partial charge in [0.05, 0.1) is 23.4 Å². The number of nitrogen functional groups attached to an aromatic ring is 1. The highest BCUT2D eigenvalue weighted by Gasteiger charge is 2.18. The molecule has 4 nitrogen and oxygen atoms in total. The summed E-state index contributed by atoms with van der Waals surface area (Å²) in [6.45, 7) is 1.49. The van der Waals surface area contributed by atoms with Crippen LogP contribution in [0.4, 0.5) is 10.1 Å². The highest BCUT2D eigenvalue weighted by Crippen LogP contribution is 2.27. The van der Waals surface area contributed by atoms with Crippen molar-refractivity contribution in [1.29, 1.82) is 0 Å². The largest absolute Gasteiger partial charge is 0.494 e. The van der Waals surface area contributed by atoms with E-state index >= 15 is 0 Å². The van der Waals surface area contributed by atoms with E-state index in [-0.39, 0.29) is 22.1 Å². The molecule has 0 aliphatic carbocycles. The van der Waals surface area contributed by atoms with E-state index in [2.05, 4.69) is 4.74 Å². The van der Waals surface area contributed by atoms with Crippen LogP contribution in [0.1, 0.15) is 6.92 Å². The van der Waals surface area contributed by atoms with Gasteiger partial charge >= 0.3 is 0 Å². The summed E-state index contributed by atoms with van der Waals surface area (Å²) in [7, 11) is -2.19. The Morgan fingerprint density at radius 3 is 2.53 bits per heavy atom. The lowest BCUT2D eigenvalue weighted by atomic mass is 10.3. The first kappa shape index (κ1) is 11.8. The summed E-state index contributed by atoms with van der Waals surface area (Å²) in [6.07, 6.45) is 0. The van der Waals surface area contributed by atoms with Gasteiger partial charge in [0.2, 0.25) is 0 Å². The van der Waals surface area contributed by atoms with E-state index in [9.17, 15) is 12.8 Å². The monoisotopic (exact) mass is 233 g/mol. The molecule has 0 saturated heterocycles. The lowest BCUT2D eigenvalue weighted by Crippen LogP contribution is -2.08. The van der Waals surface area contributed by atoms with Gasteiger partial charge in [0, 0.05) is 12.1 Å². The number of hydrogen-bond donors (Lipinski definition) is 1. The number of nitrogens with two attached hydrogens (primary N) is 1. The fourth-order valence-electron chi connectivity index (χ4n) is 1.13. The molecule has 1 rings (SSSR count). The number of hydrogen-bond acceptors (Lipinski definition) is 4. The van der Waals surface area contributed by atoms with Crippen molar-refractivity contribution in [3.63, 3.8) is 0 Å². The van der Waals surface area contributed by atoms with E-state index in [1.54, 1.807) is 0 Å². The minimum absolute atomic E-state index is 0.0913. The van der Waals surface area contributed by atoms with Crippen LogP contribution in [0.25, 0.3) is 0 Å². The van der Waals surface area contributed by atoms with Crippen LogP contribution >= 0.6 is 0 Å². The topological polar surface area (TPSA) is 69.4 Å². The van der Waals surface area contributed by atoms with Gasteiger partial charge in [-0.2, -0.15) is 0 Å². The molecule has 1 aromatic carbocycles. The van der Waals surface area contributed by atoms with Crippen molar-refractivity contribution < 1.29 is 17.5 Å². The van der Waals surface area contributed by atoms with Gasteiger partial charge in [0.1, 0.15) is 0 Å². The minimum Gasteiger partial charge on any atom is -0.494 e. The van der Waals surface area contributed by atoms with Crippen LogP contribution in [0.2, 0.25) is 0 Å². The van der Waals surface area contributed by atoms with Crippen molar-refractivity contribution in [1.82, 2.24) is 0 Å². The Hall–Kier alpha value is -1.30. The predicted octanol–water partition coefficient (Wildman–Crippen LogP) is 1.21. The van der Waals surface area contributed by atoms with E-state index in [0.717, 1.165) is 12.1 Å². The Bertz CT molecular complexity index is 470. The third-order valence-corrected chi connectivity index (χ3v) is 3.78. The van der Waals surface area contributed by atoms with Crippen LogP contribution in [0.5, 0.6) is 5.75 Å². The molecule has 0 spiro atoms. The van der Waals surface area contributed by atoms with E-state index in [4.69, 9.17) is 5.73 Å². The van der Waals surface area contributed by atoms with Crippen molar-refractivity contribution in [2.45, 2.75) is 11.8 Å². The molecule has 2 N–H and O–H groups in total. The molecule has 6 heteroatoms. The molecule has 0 amide bonds. The molecule has 0 fully saturated rings. The highest BCUT2D eigenvalue weighted by atomic mass is 32.2. The second kappa shape index (κ2) is 4.06. The molecular formula is C9H12FNO3S. The normalized spacial score (nSPS) is 11.4. The summed E-state index contributed by atoms with van der Waals surface area (Å²) >= 11 is 0. The van der Waals surface area contributed by atoms with Crippen LogP contribution in [-0.2, 0) is 9.84 Å². The highest BCUT2D eigenvalue weighted by molar-refractivity contribution is 7.91. The molecule has 0 saturated carbocycles. The van der Waals surface area contributed by atoms with Crippen LogP contribution in [-0.4, -0.2) is 21.3 Å². The summed E-state index contributed by atoms with van der Waals surface area (Å²) in [6, 6.07) is 2.05. The number of halogens is 1. The molecule has 0 aliphatic rings. The van der Waals surface area contributed by atoms with E-state index in [1.165, 1.54) is 14.0 Å². The van der Waals surface area contributed by atoms with Gasteiger partial charge in [-0.15, -0.1) is 0 Å². The SMILES string of the molecule is CCS(=O)(=O)c1cc(OC)c(F)cc1N. The van der Waals surface area contributed by atoms with Gasteiger partial charge in [-0.1, -0.05) is 6.92 Å². The molecule has 0 aliphatic heterocycles. The van der Waals surface area contributed by atoms with Crippen LogP contribution < -0.4 is 10.5 Å². The summed E-state index contributed by atoms with van der Waals surface area (Å²) < 4.78 is 40.9. The average Bonchev–Trinajstić information content (AvgIpc) is 2.17. The van der Waals surface area contributed by atoms with Gasteiger partial charge in [-0.3, -0.25) is 0 Å². The number of sulfone groups is 1.